The molecule has 1 aliphatic carbocycles. The number of imidazole rings is 1. The Hall–Kier alpha value is -0.870. The van der Waals surface area contributed by atoms with Gasteiger partial charge < -0.3 is 15.0 Å². The third-order valence-corrected chi connectivity index (χ3v) is 3.10. The van der Waals surface area contributed by atoms with Crippen LogP contribution < -0.4 is 5.73 Å². The maximum atomic E-state index is 6.20. The van der Waals surface area contributed by atoms with E-state index in [9.17, 15) is 0 Å². The summed E-state index contributed by atoms with van der Waals surface area (Å²) in [7, 11) is 1.74. The molecule has 1 saturated carbocycles. The van der Waals surface area contributed by atoms with Crippen LogP contribution in [0.4, 0.5) is 0 Å². The Labute approximate surface area is 90.4 Å². The van der Waals surface area contributed by atoms with E-state index in [1.807, 2.05) is 6.20 Å². The molecule has 1 aromatic rings. The van der Waals surface area contributed by atoms with Crippen LogP contribution in [0.1, 0.15) is 31.6 Å². The molecular formula is C11H19N3O. The molecule has 15 heavy (non-hydrogen) atoms. The lowest BCUT2D eigenvalue weighted by atomic mass is 10.1. The van der Waals surface area contributed by atoms with E-state index in [-0.39, 0.29) is 12.1 Å². The van der Waals surface area contributed by atoms with E-state index >= 15 is 0 Å². The predicted octanol–water partition coefficient (Wildman–Crippen LogP) is 1.33. The molecule has 0 radical (unpaired) electrons. The van der Waals surface area contributed by atoms with Gasteiger partial charge in [-0.1, -0.05) is 0 Å². The van der Waals surface area contributed by atoms with Crippen molar-refractivity contribution in [1.29, 1.82) is 0 Å². The molecule has 2 atom stereocenters. The molecule has 0 aliphatic heterocycles. The zero-order valence-corrected chi connectivity index (χ0v) is 9.39. The Morgan fingerprint density at radius 2 is 2.40 bits per heavy atom. The number of hydrogen-bond acceptors (Lipinski definition) is 3. The fourth-order valence-corrected chi connectivity index (χ4v) is 2.09. The van der Waals surface area contributed by atoms with Crippen molar-refractivity contribution in [1.82, 2.24) is 9.55 Å². The maximum Gasteiger partial charge on any atom is 0.128 e. The Bertz CT molecular complexity index is 319. The van der Waals surface area contributed by atoms with E-state index in [2.05, 4.69) is 16.5 Å². The van der Waals surface area contributed by atoms with Crippen molar-refractivity contribution in [2.45, 2.75) is 38.5 Å². The number of ether oxygens (including phenoxy) is 1. The lowest BCUT2D eigenvalue weighted by Crippen LogP contribution is -2.32. The molecule has 0 saturated heterocycles. The summed E-state index contributed by atoms with van der Waals surface area (Å²) in [6.07, 6.45) is 6.36. The molecule has 4 nitrogen and oxygen atoms in total. The predicted molar refractivity (Wildman–Crippen MR) is 58.4 cm³/mol. The van der Waals surface area contributed by atoms with Gasteiger partial charge in [0.05, 0.1) is 12.1 Å². The van der Waals surface area contributed by atoms with Gasteiger partial charge in [-0.25, -0.2) is 4.98 Å². The highest BCUT2D eigenvalue weighted by atomic mass is 16.5. The molecule has 1 aliphatic rings. The molecule has 2 unspecified atom stereocenters. The highest BCUT2D eigenvalue weighted by Crippen LogP contribution is 2.38. The second kappa shape index (κ2) is 4.33. The van der Waals surface area contributed by atoms with Crippen LogP contribution in [0.5, 0.6) is 0 Å². The van der Waals surface area contributed by atoms with Crippen molar-refractivity contribution < 1.29 is 4.74 Å². The number of hydrogen-bond donors (Lipinski definition) is 1. The van der Waals surface area contributed by atoms with Crippen LogP contribution in [0, 0.1) is 5.92 Å². The van der Waals surface area contributed by atoms with Gasteiger partial charge in [0.25, 0.3) is 0 Å². The van der Waals surface area contributed by atoms with Gasteiger partial charge >= 0.3 is 0 Å². The average Bonchev–Trinajstić information content (AvgIpc) is 2.96. The van der Waals surface area contributed by atoms with Gasteiger partial charge in [0, 0.05) is 26.0 Å². The van der Waals surface area contributed by atoms with E-state index < -0.39 is 0 Å². The lowest BCUT2D eigenvalue weighted by molar-refractivity contribution is 0.0591. The fraction of sp³-hybridized carbons (Fsp3) is 0.727. The molecule has 2 N–H and O–H groups in total. The van der Waals surface area contributed by atoms with Crippen LogP contribution in [-0.4, -0.2) is 22.8 Å². The molecule has 0 bridgehead atoms. The van der Waals surface area contributed by atoms with Gasteiger partial charge in [-0.05, 0) is 25.7 Å². The third-order valence-electron chi connectivity index (χ3n) is 3.10. The van der Waals surface area contributed by atoms with E-state index in [0.717, 1.165) is 12.4 Å². The number of nitrogens with zero attached hydrogens (tertiary/aromatic N) is 2. The largest absolute Gasteiger partial charge is 0.379 e. The summed E-state index contributed by atoms with van der Waals surface area (Å²) >= 11 is 0. The Kier molecular flexibility index (Phi) is 3.07. The zero-order valence-electron chi connectivity index (χ0n) is 9.39. The highest BCUT2D eigenvalue weighted by Gasteiger charge is 2.37. The maximum absolute atomic E-state index is 6.20. The summed E-state index contributed by atoms with van der Waals surface area (Å²) < 4.78 is 7.56. The van der Waals surface area contributed by atoms with Crippen LogP contribution in [0.15, 0.2) is 12.4 Å². The average molecular weight is 209 g/mol. The summed E-state index contributed by atoms with van der Waals surface area (Å²) in [6.45, 7) is 3.00. The smallest absolute Gasteiger partial charge is 0.128 e. The minimum Gasteiger partial charge on any atom is -0.379 e. The van der Waals surface area contributed by atoms with E-state index in [0.29, 0.717) is 5.92 Å². The first-order valence-corrected chi connectivity index (χ1v) is 5.57. The van der Waals surface area contributed by atoms with Crippen LogP contribution >= 0.6 is 0 Å². The van der Waals surface area contributed by atoms with Gasteiger partial charge in [-0.3, -0.25) is 0 Å². The molecule has 4 heteroatoms. The molecular weight excluding hydrogens is 190 g/mol. The molecule has 0 amide bonds. The standard InChI is InChI=1S/C11H19N3O/c1-3-14-7-6-13-11(14)9(12)10(15-2)8-4-5-8/h6-10H,3-5,12H2,1-2H3. The summed E-state index contributed by atoms with van der Waals surface area (Å²) in [5.74, 6) is 1.57. The van der Waals surface area contributed by atoms with E-state index in [1.165, 1.54) is 12.8 Å². The van der Waals surface area contributed by atoms with Crippen molar-refractivity contribution in [2.24, 2.45) is 11.7 Å². The number of nitrogens with two attached hydrogens (primary N) is 1. The van der Waals surface area contributed by atoms with Crippen LogP contribution in [0.25, 0.3) is 0 Å². The summed E-state index contributed by atoms with van der Waals surface area (Å²) in [5.41, 5.74) is 6.20. The summed E-state index contributed by atoms with van der Waals surface area (Å²) in [4.78, 5) is 4.32. The molecule has 0 aromatic carbocycles. The topological polar surface area (TPSA) is 53.1 Å². The Morgan fingerprint density at radius 1 is 1.67 bits per heavy atom. The van der Waals surface area contributed by atoms with Crippen molar-refractivity contribution in [2.75, 3.05) is 7.11 Å². The lowest BCUT2D eigenvalue weighted by Gasteiger charge is -2.22. The van der Waals surface area contributed by atoms with Gasteiger partial charge in [-0.2, -0.15) is 0 Å². The zero-order chi connectivity index (χ0) is 10.8. The molecule has 84 valence electrons. The van der Waals surface area contributed by atoms with Gasteiger partial charge in [0.15, 0.2) is 0 Å². The second-order valence-electron chi connectivity index (χ2n) is 4.13. The number of methoxy groups -OCH3 is 1. The molecule has 1 aromatic heterocycles. The molecule has 1 heterocycles. The second-order valence-corrected chi connectivity index (χ2v) is 4.13. The van der Waals surface area contributed by atoms with Crippen molar-refractivity contribution in [3.8, 4) is 0 Å². The SMILES string of the molecule is CCn1ccnc1C(N)C(OC)C1CC1. The number of aromatic nitrogens is 2. The van der Waals surface area contributed by atoms with E-state index in [1.54, 1.807) is 13.3 Å². The van der Waals surface area contributed by atoms with Crippen LogP contribution in [0.2, 0.25) is 0 Å². The molecule has 0 spiro atoms. The quantitative estimate of drug-likeness (QED) is 0.796. The first kappa shape index (κ1) is 10.6. The third kappa shape index (κ3) is 2.06. The first-order valence-electron chi connectivity index (χ1n) is 5.57. The molecule has 2 rings (SSSR count). The molecule has 1 fully saturated rings. The fourth-order valence-electron chi connectivity index (χ4n) is 2.09. The summed E-state index contributed by atoms with van der Waals surface area (Å²) in [6, 6.07) is -0.0996. The normalized spacial score (nSPS) is 20.2. The van der Waals surface area contributed by atoms with Gasteiger partial charge in [0.2, 0.25) is 0 Å². The highest BCUT2D eigenvalue weighted by molar-refractivity contribution is 5.04. The number of rotatable bonds is 5. The monoisotopic (exact) mass is 209 g/mol. The van der Waals surface area contributed by atoms with Gasteiger partial charge in [0.1, 0.15) is 5.82 Å². The van der Waals surface area contributed by atoms with Gasteiger partial charge in [-0.15, -0.1) is 0 Å². The Morgan fingerprint density at radius 3 is 2.93 bits per heavy atom. The van der Waals surface area contributed by atoms with Crippen molar-refractivity contribution in [3.05, 3.63) is 18.2 Å². The first-order chi connectivity index (χ1) is 7.27. The summed E-state index contributed by atoms with van der Waals surface area (Å²) in [5, 5.41) is 0. The minimum atomic E-state index is -0.0996. The Balaban J connectivity index is 2.14. The number of aryl methyl sites for hydroxylation is 1. The van der Waals surface area contributed by atoms with Crippen LogP contribution in [0.3, 0.4) is 0 Å². The van der Waals surface area contributed by atoms with Crippen molar-refractivity contribution >= 4 is 0 Å². The van der Waals surface area contributed by atoms with Crippen molar-refractivity contribution in [3.63, 3.8) is 0 Å². The van der Waals surface area contributed by atoms with E-state index in [4.69, 9.17) is 10.5 Å². The minimum absolute atomic E-state index is 0.0996. The van der Waals surface area contributed by atoms with Crippen LogP contribution in [-0.2, 0) is 11.3 Å².